The van der Waals surface area contributed by atoms with Gasteiger partial charge in [-0.3, -0.25) is 4.57 Å². The average Bonchev–Trinajstić information content (AvgIpc) is 2.83. The Morgan fingerprint density at radius 2 is 2.13 bits per heavy atom. The van der Waals surface area contributed by atoms with E-state index in [1.54, 1.807) is 10.6 Å². The number of hydrogen-bond acceptors (Lipinski definition) is 5. The fraction of sp³-hybridized carbons (Fsp3) is 0.235. The van der Waals surface area contributed by atoms with E-state index >= 15 is 0 Å². The number of nitrogens with zero attached hydrogens (tertiary/aromatic N) is 3. The van der Waals surface area contributed by atoms with E-state index in [2.05, 4.69) is 11.1 Å². The minimum atomic E-state index is -0.360. The number of pyridine rings is 1. The van der Waals surface area contributed by atoms with Gasteiger partial charge in [-0.25, -0.2) is 9.78 Å². The summed E-state index contributed by atoms with van der Waals surface area (Å²) >= 11 is 1.48. The lowest BCUT2D eigenvalue weighted by Gasteiger charge is -2.07. The van der Waals surface area contributed by atoms with Crippen LogP contribution in [-0.2, 0) is 6.54 Å². The largest absolute Gasteiger partial charge is 0.419 e. The zero-order chi connectivity index (χ0) is 16.4. The molecule has 0 aliphatic rings. The highest BCUT2D eigenvalue weighted by molar-refractivity contribution is 7.99. The number of aromatic nitrogens is 2. The van der Waals surface area contributed by atoms with Gasteiger partial charge in [-0.1, -0.05) is 12.1 Å². The molecule has 0 saturated heterocycles. The fourth-order valence-electron chi connectivity index (χ4n) is 2.50. The van der Waals surface area contributed by atoms with Gasteiger partial charge in [0.2, 0.25) is 0 Å². The lowest BCUT2D eigenvalue weighted by atomic mass is 10.1. The zero-order valence-corrected chi connectivity index (χ0v) is 13.7. The summed E-state index contributed by atoms with van der Waals surface area (Å²) in [5, 5.41) is 10.00. The molecule has 0 unspecified atom stereocenters. The van der Waals surface area contributed by atoms with Crippen LogP contribution in [0.25, 0.3) is 11.1 Å². The number of fused-ring (bicyclic) bond motifs is 1. The minimum Gasteiger partial charge on any atom is -0.408 e. The van der Waals surface area contributed by atoms with Crippen molar-refractivity contribution in [1.29, 1.82) is 5.26 Å². The van der Waals surface area contributed by atoms with Crippen molar-refractivity contribution in [2.45, 2.75) is 25.4 Å². The van der Waals surface area contributed by atoms with Crippen LogP contribution in [0, 0.1) is 25.2 Å². The second kappa shape index (κ2) is 6.31. The predicted octanol–water partition coefficient (Wildman–Crippen LogP) is 3.27. The molecule has 6 heteroatoms. The van der Waals surface area contributed by atoms with E-state index in [1.165, 1.54) is 11.8 Å². The molecule has 3 rings (SSSR count). The second-order valence-corrected chi connectivity index (χ2v) is 6.29. The zero-order valence-electron chi connectivity index (χ0n) is 12.9. The van der Waals surface area contributed by atoms with Gasteiger partial charge >= 0.3 is 5.76 Å². The molecule has 23 heavy (non-hydrogen) atoms. The summed E-state index contributed by atoms with van der Waals surface area (Å²) in [4.78, 5) is 16.4. The van der Waals surface area contributed by atoms with Gasteiger partial charge in [0.05, 0.1) is 11.1 Å². The lowest BCUT2D eigenvalue weighted by Crippen LogP contribution is -2.15. The molecule has 116 valence electrons. The summed E-state index contributed by atoms with van der Waals surface area (Å²) < 4.78 is 6.82. The van der Waals surface area contributed by atoms with Crippen molar-refractivity contribution in [3.05, 3.63) is 57.7 Å². The molecule has 0 saturated carbocycles. The van der Waals surface area contributed by atoms with Crippen LogP contribution < -0.4 is 5.76 Å². The Bertz CT molecular complexity index is 966. The van der Waals surface area contributed by atoms with Crippen LogP contribution in [0.1, 0.15) is 16.8 Å². The maximum absolute atomic E-state index is 11.9. The molecule has 0 radical (unpaired) electrons. The molecular formula is C17H15N3O2S. The summed E-state index contributed by atoms with van der Waals surface area (Å²) in [5.74, 6) is 0.272. The maximum Gasteiger partial charge on any atom is 0.419 e. The Morgan fingerprint density at radius 1 is 1.35 bits per heavy atom. The first-order valence-electron chi connectivity index (χ1n) is 7.19. The first-order chi connectivity index (χ1) is 11.1. The van der Waals surface area contributed by atoms with E-state index < -0.39 is 0 Å². The van der Waals surface area contributed by atoms with Crippen molar-refractivity contribution >= 4 is 22.9 Å². The third-order valence-electron chi connectivity index (χ3n) is 3.55. The standard InChI is InChI=1S/C17H15N3O2S/c1-11-9-12(2)19-16(13(11)10-18)23-8-7-20-14-5-3-4-6-15(14)22-17(20)21/h3-6,9H,7-8H2,1-2H3. The van der Waals surface area contributed by atoms with Crippen molar-refractivity contribution in [3.8, 4) is 6.07 Å². The molecule has 0 spiro atoms. The van der Waals surface area contributed by atoms with E-state index in [4.69, 9.17) is 4.42 Å². The summed E-state index contributed by atoms with van der Waals surface area (Å²) in [7, 11) is 0. The minimum absolute atomic E-state index is 0.360. The monoisotopic (exact) mass is 325 g/mol. The highest BCUT2D eigenvalue weighted by Gasteiger charge is 2.11. The molecule has 5 nitrogen and oxygen atoms in total. The number of oxazole rings is 1. The van der Waals surface area contributed by atoms with Crippen molar-refractivity contribution in [2.75, 3.05) is 5.75 Å². The summed E-state index contributed by atoms with van der Waals surface area (Å²) in [6, 6.07) is 11.5. The molecule has 0 amide bonds. The van der Waals surface area contributed by atoms with Gasteiger partial charge in [-0.2, -0.15) is 5.26 Å². The number of para-hydroxylation sites is 2. The van der Waals surface area contributed by atoms with Gasteiger partial charge in [0.25, 0.3) is 0 Å². The first kappa shape index (κ1) is 15.4. The van der Waals surface area contributed by atoms with Gasteiger partial charge in [0, 0.05) is 18.0 Å². The maximum atomic E-state index is 11.9. The van der Waals surface area contributed by atoms with Gasteiger partial charge < -0.3 is 4.42 Å². The van der Waals surface area contributed by atoms with Gasteiger partial charge in [-0.15, -0.1) is 11.8 Å². The van der Waals surface area contributed by atoms with Gasteiger partial charge in [0.15, 0.2) is 5.58 Å². The number of hydrogen-bond donors (Lipinski definition) is 0. The quantitative estimate of drug-likeness (QED) is 0.688. The Labute approximate surface area is 137 Å². The molecule has 0 bridgehead atoms. The highest BCUT2D eigenvalue weighted by atomic mass is 32.2. The predicted molar refractivity (Wildman–Crippen MR) is 89.6 cm³/mol. The molecule has 1 aromatic carbocycles. The summed E-state index contributed by atoms with van der Waals surface area (Å²) in [5.41, 5.74) is 3.78. The van der Waals surface area contributed by atoms with Gasteiger partial charge in [0.1, 0.15) is 11.1 Å². The first-order valence-corrected chi connectivity index (χ1v) is 8.18. The van der Waals surface area contributed by atoms with Gasteiger partial charge in [-0.05, 0) is 37.6 Å². The van der Waals surface area contributed by atoms with Crippen LogP contribution in [0.5, 0.6) is 0 Å². The Balaban J connectivity index is 1.81. The highest BCUT2D eigenvalue weighted by Crippen LogP contribution is 2.24. The van der Waals surface area contributed by atoms with Crippen molar-refractivity contribution < 1.29 is 4.42 Å². The number of nitriles is 1. The van der Waals surface area contributed by atoms with E-state index in [-0.39, 0.29) is 5.76 Å². The molecule has 0 N–H and O–H groups in total. The molecule has 3 aromatic rings. The van der Waals surface area contributed by atoms with Crippen molar-refractivity contribution in [2.24, 2.45) is 0 Å². The van der Waals surface area contributed by atoms with E-state index in [0.29, 0.717) is 28.5 Å². The van der Waals surface area contributed by atoms with E-state index in [1.807, 2.05) is 38.1 Å². The van der Waals surface area contributed by atoms with Crippen LogP contribution in [0.2, 0.25) is 0 Å². The molecule has 0 fully saturated rings. The number of benzene rings is 1. The van der Waals surface area contributed by atoms with Crippen LogP contribution >= 0.6 is 11.8 Å². The van der Waals surface area contributed by atoms with Crippen LogP contribution in [-0.4, -0.2) is 15.3 Å². The Hall–Kier alpha value is -2.52. The second-order valence-electron chi connectivity index (χ2n) is 5.21. The molecule has 0 aliphatic carbocycles. The number of rotatable bonds is 4. The lowest BCUT2D eigenvalue weighted by molar-refractivity contribution is 0.514. The molecule has 0 aliphatic heterocycles. The molecule has 2 heterocycles. The number of aryl methyl sites for hydroxylation is 3. The van der Waals surface area contributed by atoms with Crippen molar-refractivity contribution in [3.63, 3.8) is 0 Å². The SMILES string of the molecule is Cc1cc(C)c(C#N)c(SCCn2c(=O)oc3ccccc32)n1. The summed E-state index contributed by atoms with van der Waals surface area (Å²) in [6.07, 6.45) is 0. The fourth-order valence-corrected chi connectivity index (χ4v) is 3.53. The topological polar surface area (TPSA) is 71.8 Å². The normalized spacial score (nSPS) is 10.8. The van der Waals surface area contributed by atoms with Crippen molar-refractivity contribution in [1.82, 2.24) is 9.55 Å². The third kappa shape index (κ3) is 3.01. The number of thioether (sulfide) groups is 1. The van der Waals surface area contributed by atoms with E-state index in [9.17, 15) is 10.1 Å². The third-order valence-corrected chi connectivity index (χ3v) is 4.51. The van der Waals surface area contributed by atoms with E-state index in [0.717, 1.165) is 16.8 Å². The Kier molecular flexibility index (Phi) is 4.22. The Morgan fingerprint density at radius 3 is 2.91 bits per heavy atom. The van der Waals surface area contributed by atoms with Crippen LogP contribution in [0.4, 0.5) is 0 Å². The summed E-state index contributed by atoms with van der Waals surface area (Å²) in [6.45, 7) is 4.32. The average molecular weight is 325 g/mol. The van der Waals surface area contributed by atoms with Crippen LogP contribution in [0.15, 0.2) is 44.6 Å². The van der Waals surface area contributed by atoms with Crippen LogP contribution in [0.3, 0.4) is 0 Å². The smallest absolute Gasteiger partial charge is 0.408 e. The molecule has 2 aromatic heterocycles. The molecular weight excluding hydrogens is 310 g/mol. The molecule has 0 atom stereocenters.